The van der Waals surface area contributed by atoms with Crippen molar-refractivity contribution in [3.8, 4) is 0 Å². The summed E-state index contributed by atoms with van der Waals surface area (Å²) in [7, 11) is 0. The van der Waals surface area contributed by atoms with E-state index < -0.39 is 0 Å². The van der Waals surface area contributed by atoms with E-state index in [1.54, 1.807) is 4.90 Å². The van der Waals surface area contributed by atoms with Gasteiger partial charge in [0.05, 0.1) is 6.61 Å². The van der Waals surface area contributed by atoms with Crippen molar-refractivity contribution in [2.45, 2.75) is 26.2 Å². The Morgan fingerprint density at radius 2 is 1.88 bits per heavy atom. The minimum atomic E-state index is 0.0583. The Hall–Kier alpha value is -1.35. The number of hydrogen-bond donors (Lipinski definition) is 0. The van der Waals surface area contributed by atoms with Gasteiger partial charge in [-0.2, -0.15) is 0 Å². The molecule has 1 aliphatic rings. The molecule has 1 aromatic rings. The summed E-state index contributed by atoms with van der Waals surface area (Å²) in [5, 5.41) is 0. The fourth-order valence-electron chi connectivity index (χ4n) is 1.87. The van der Waals surface area contributed by atoms with Gasteiger partial charge in [0, 0.05) is 12.1 Å². The highest BCUT2D eigenvalue weighted by Crippen LogP contribution is 2.22. The van der Waals surface area contributed by atoms with Crippen LogP contribution in [0.25, 0.3) is 0 Å². The normalized spacial score (nSPS) is 16.3. The van der Waals surface area contributed by atoms with Gasteiger partial charge in [0.2, 0.25) is 0 Å². The van der Waals surface area contributed by atoms with Crippen LogP contribution in [0.5, 0.6) is 0 Å². The van der Waals surface area contributed by atoms with E-state index in [0.29, 0.717) is 19.9 Å². The number of hydrogen-bond acceptors (Lipinski definition) is 2. The first-order chi connectivity index (χ1) is 7.98. The van der Waals surface area contributed by atoms with Crippen molar-refractivity contribution in [3.05, 3.63) is 35.4 Å². The van der Waals surface area contributed by atoms with Crippen LogP contribution in [-0.2, 0) is 10.2 Å². The molecule has 1 heterocycles. The Morgan fingerprint density at radius 3 is 2.35 bits per heavy atom. The summed E-state index contributed by atoms with van der Waals surface area (Å²) in [6.45, 7) is 8.25. The summed E-state index contributed by atoms with van der Waals surface area (Å²) < 4.78 is 5.18. The Balaban J connectivity index is 2.15. The lowest BCUT2D eigenvalue weighted by Crippen LogP contribution is -2.28. The zero-order valence-electron chi connectivity index (χ0n) is 10.7. The second-order valence-electron chi connectivity index (χ2n) is 5.43. The third-order valence-electron chi connectivity index (χ3n) is 3.04. The smallest absolute Gasteiger partial charge is 0.255 e. The lowest BCUT2D eigenvalue weighted by molar-refractivity contribution is 0.0695. The van der Waals surface area contributed by atoms with Gasteiger partial charge in [-0.3, -0.25) is 4.79 Å². The standard InChI is InChI=1S/C14H19NO2/c1-14(2,3)12-6-4-11(5-7-12)13(16)15-8-9-17-10-15/h4-7H,8-10H2,1-3H3. The number of nitrogens with zero attached hydrogens (tertiary/aromatic N) is 1. The maximum absolute atomic E-state index is 12.1. The summed E-state index contributed by atoms with van der Waals surface area (Å²) in [6, 6.07) is 7.87. The van der Waals surface area contributed by atoms with Crippen LogP contribution in [0.4, 0.5) is 0 Å². The van der Waals surface area contributed by atoms with Gasteiger partial charge >= 0.3 is 0 Å². The SMILES string of the molecule is CC(C)(C)c1ccc(C(=O)N2CCOC2)cc1. The van der Waals surface area contributed by atoms with Crippen LogP contribution in [0.1, 0.15) is 36.7 Å². The first kappa shape index (κ1) is 12.1. The predicted octanol–water partition coefficient (Wildman–Crippen LogP) is 2.41. The Morgan fingerprint density at radius 1 is 1.24 bits per heavy atom. The van der Waals surface area contributed by atoms with Crippen molar-refractivity contribution in [1.29, 1.82) is 0 Å². The lowest BCUT2D eigenvalue weighted by Gasteiger charge is -2.19. The first-order valence-electron chi connectivity index (χ1n) is 5.96. The van der Waals surface area contributed by atoms with Gasteiger partial charge in [0.25, 0.3) is 5.91 Å². The number of rotatable bonds is 1. The molecule has 92 valence electrons. The van der Waals surface area contributed by atoms with Gasteiger partial charge < -0.3 is 9.64 Å². The molecule has 17 heavy (non-hydrogen) atoms. The van der Waals surface area contributed by atoms with Gasteiger partial charge in [-0.15, -0.1) is 0 Å². The van der Waals surface area contributed by atoms with E-state index >= 15 is 0 Å². The maximum Gasteiger partial charge on any atom is 0.255 e. The molecule has 3 nitrogen and oxygen atoms in total. The summed E-state index contributed by atoms with van der Waals surface area (Å²) in [5.74, 6) is 0.0583. The predicted molar refractivity (Wildman–Crippen MR) is 67.0 cm³/mol. The Labute approximate surface area is 102 Å². The van der Waals surface area contributed by atoms with E-state index in [-0.39, 0.29) is 11.3 Å². The molecule has 1 aliphatic heterocycles. The summed E-state index contributed by atoms with van der Waals surface area (Å²) in [6.07, 6.45) is 0. The van der Waals surface area contributed by atoms with Crippen molar-refractivity contribution in [2.24, 2.45) is 0 Å². The van der Waals surface area contributed by atoms with Crippen molar-refractivity contribution in [2.75, 3.05) is 19.9 Å². The Bertz CT molecular complexity index is 397. The molecule has 1 saturated heterocycles. The fraction of sp³-hybridized carbons (Fsp3) is 0.500. The molecular formula is C14H19NO2. The topological polar surface area (TPSA) is 29.5 Å². The van der Waals surface area contributed by atoms with Crippen LogP contribution >= 0.6 is 0 Å². The maximum atomic E-state index is 12.1. The molecule has 0 spiro atoms. The monoisotopic (exact) mass is 233 g/mol. The molecule has 3 heteroatoms. The molecule has 1 aromatic carbocycles. The molecule has 0 aromatic heterocycles. The zero-order valence-corrected chi connectivity index (χ0v) is 10.7. The largest absolute Gasteiger partial charge is 0.359 e. The molecule has 0 radical (unpaired) electrons. The van der Waals surface area contributed by atoms with Crippen LogP contribution in [0.2, 0.25) is 0 Å². The van der Waals surface area contributed by atoms with Crippen LogP contribution in [0.15, 0.2) is 24.3 Å². The van der Waals surface area contributed by atoms with Gasteiger partial charge in [0.1, 0.15) is 6.73 Å². The summed E-state index contributed by atoms with van der Waals surface area (Å²) >= 11 is 0. The van der Waals surface area contributed by atoms with Crippen molar-refractivity contribution < 1.29 is 9.53 Å². The Kier molecular flexibility index (Phi) is 3.20. The van der Waals surface area contributed by atoms with Crippen LogP contribution in [-0.4, -0.2) is 30.7 Å². The number of ether oxygens (including phenoxy) is 1. The molecule has 2 rings (SSSR count). The highest BCUT2D eigenvalue weighted by Gasteiger charge is 2.20. The average Bonchev–Trinajstić information content (AvgIpc) is 2.80. The van der Waals surface area contributed by atoms with E-state index in [1.807, 2.05) is 24.3 Å². The number of carbonyl (C=O) groups excluding carboxylic acids is 1. The summed E-state index contributed by atoms with van der Waals surface area (Å²) in [5.41, 5.74) is 2.11. The zero-order chi connectivity index (χ0) is 12.5. The third-order valence-corrected chi connectivity index (χ3v) is 3.04. The van der Waals surface area contributed by atoms with Crippen LogP contribution < -0.4 is 0 Å². The average molecular weight is 233 g/mol. The summed E-state index contributed by atoms with van der Waals surface area (Å²) in [4.78, 5) is 13.8. The molecule has 0 saturated carbocycles. The lowest BCUT2D eigenvalue weighted by atomic mass is 9.86. The van der Waals surface area contributed by atoms with E-state index in [2.05, 4.69) is 20.8 Å². The van der Waals surface area contributed by atoms with Crippen LogP contribution in [0.3, 0.4) is 0 Å². The second kappa shape index (κ2) is 4.49. The van der Waals surface area contributed by atoms with E-state index in [1.165, 1.54) is 5.56 Å². The molecule has 0 N–H and O–H groups in total. The fourth-order valence-corrected chi connectivity index (χ4v) is 1.87. The van der Waals surface area contributed by atoms with Gasteiger partial charge in [0.15, 0.2) is 0 Å². The first-order valence-corrected chi connectivity index (χ1v) is 5.96. The van der Waals surface area contributed by atoms with E-state index in [4.69, 9.17) is 4.74 Å². The highest BCUT2D eigenvalue weighted by atomic mass is 16.5. The number of amides is 1. The molecule has 0 bridgehead atoms. The minimum Gasteiger partial charge on any atom is -0.359 e. The van der Waals surface area contributed by atoms with Crippen molar-refractivity contribution in [3.63, 3.8) is 0 Å². The second-order valence-corrected chi connectivity index (χ2v) is 5.43. The number of carbonyl (C=O) groups is 1. The van der Waals surface area contributed by atoms with Crippen molar-refractivity contribution in [1.82, 2.24) is 4.90 Å². The molecule has 0 unspecified atom stereocenters. The quantitative estimate of drug-likeness (QED) is 0.745. The molecule has 0 aliphatic carbocycles. The van der Waals surface area contributed by atoms with Gasteiger partial charge in [-0.1, -0.05) is 32.9 Å². The molecule has 1 amide bonds. The van der Waals surface area contributed by atoms with Gasteiger partial charge in [-0.25, -0.2) is 0 Å². The molecule has 0 atom stereocenters. The van der Waals surface area contributed by atoms with Gasteiger partial charge in [-0.05, 0) is 23.1 Å². The highest BCUT2D eigenvalue weighted by molar-refractivity contribution is 5.94. The van der Waals surface area contributed by atoms with Crippen LogP contribution in [0, 0.1) is 0 Å². The minimum absolute atomic E-state index is 0.0583. The van der Waals surface area contributed by atoms with Crippen molar-refractivity contribution >= 4 is 5.91 Å². The molecule has 1 fully saturated rings. The van der Waals surface area contributed by atoms with E-state index in [0.717, 1.165) is 5.56 Å². The number of benzene rings is 1. The van der Waals surface area contributed by atoms with E-state index in [9.17, 15) is 4.79 Å². The third kappa shape index (κ3) is 2.67. The molecular weight excluding hydrogens is 214 g/mol.